The minimum atomic E-state index is -0.370. The van der Waals surface area contributed by atoms with Crippen molar-refractivity contribution in [3.05, 3.63) is 62.6 Å². The van der Waals surface area contributed by atoms with Crippen molar-refractivity contribution in [2.75, 3.05) is 11.4 Å². The number of benzene rings is 2. The average molecular weight is 432 g/mol. The van der Waals surface area contributed by atoms with Gasteiger partial charge in [-0.05, 0) is 87.1 Å². The van der Waals surface area contributed by atoms with E-state index in [-0.39, 0.29) is 11.4 Å². The zero-order valence-electron chi connectivity index (χ0n) is 17.5. The van der Waals surface area contributed by atoms with Crippen LogP contribution >= 0.6 is 23.2 Å². The molecule has 2 aromatic carbocycles. The van der Waals surface area contributed by atoms with Crippen molar-refractivity contribution in [2.45, 2.75) is 52.5 Å². The van der Waals surface area contributed by atoms with E-state index in [1.807, 2.05) is 0 Å². The first-order valence-corrected chi connectivity index (χ1v) is 10.6. The number of aryl methyl sites for hydroxylation is 1. The molecule has 0 aliphatic carbocycles. The smallest absolute Gasteiger partial charge is 0.272 e. The van der Waals surface area contributed by atoms with Gasteiger partial charge in [-0.25, -0.2) is 5.43 Å². The monoisotopic (exact) mass is 431 g/mol. The largest absolute Gasteiger partial charge is 0.366 e. The van der Waals surface area contributed by atoms with Gasteiger partial charge in [0, 0.05) is 22.8 Å². The van der Waals surface area contributed by atoms with Crippen molar-refractivity contribution >= 4 is 41.0 Å². The fourth-order valence-electron chi connectivity index (χ4n) is 4.28. The van der Waals surface area contributed by atoms with Crippen LogP contribution in [0.3, 0.4) is 0 Å². The zero-order valence-corrected chi connectivity index (χ0v) is 19.0. The lowest BCUT2D eigenvalue weighted by Crippen LogP contribution is -2.48. The van der Waals surface area contributed by atoms with Crippen LogP contribution in [0, 0.1) is 6.92 Å². The number of anilines is 1. The van der Waals surface area contributed by atoms with E-state index in [1.54, 1.807) is 18.3 Å². The second kappa shape index (κ2) is 8.37. The standard InChI is InChI=1S/C23H27Cl2N3O/c1-6-28-21-9-14(2)16(10-19(21)15(3)12-23(28,4)5)13-26-27-22(29)18-8-7-17(24)11-20(18)25/h7-11,13,15H,6,12H2,1-5H3,(H,27,29)/b26-13-/t15-/m1/s1. The Labute approximate surface area is 182 Å². The fourth-order valence-corrected chi connectivity index (χ4v) is 4.78. The molecule has 154 valence electrons. The number of hydrogen-bond acceptors (Lipinski definition) is 3. The third-order valence-corrected chi connectivity index (χ3v) is 6.18. The number of nitrogens with zero attached hydrogens (tertiary/aromatic N) is 2. The van der Waals surface area contributed by atoms with Gasteiger partial charge in [0.05, 0.1) is 16.8 Å². The minimum absolute atomic E-state index is 0.134. The van der Waals surface area contributed by atoms with Gasteiger partial charge in [0.25, 0.3) is 5.91 Å². The van der Waals surface area contributed by atoms with Crippen LogP contribution in [0.2, 0.25) is 10.0 Å². The van der Waals surface area contributed by atoms with Crippen LogP contribution in [0.1, 0.15) is 67.1 Å². The van der Waals surface area contributed by atoms with Gasteiger partial charge < -0.3 is 4.90 Å². The highest BCUT2D eigenvalue weighted by Gasteiger charge is 2.35. The van der Waals surface area contributed by atoms with E-state index in [9.17, 15) is 4.79 Å². The number of amides is 1. The first kappa shape index (κ1) is 21.7. The fraction of sp³-hybridized carbons (Fsp3) is 0.391. The molecule has 1 aliphatic rings. The summed E-state index contributed by atoms with van der Waals surface area (Å²) in [6.45, 7) is 12.1. The molecule has 0 aromatic heterocycles. The van der Waals surface area contributed by atoms with Crippen LogP contribution in [-0.2, 0) is 0 Å². The van der Waals surface area contributed by atoms with Crippen LogP contribution in [0.4, 0.5) is 5.69 Å². The maximum atomic E-state index is 12.3. The summed E-state index contributed by atoms with van der Waals surface area (Å²) in [5.74, 6) is 0.0869. The molecule has 0 bridgehead atoms. The summed E-state index contributed by atoms with van der Waals surface area (Å²) in [5, 5.41) is 4.94. The summed E-state index contributed by atoms with van der Waals surface area (Å²) in [4.78, 5) is 14.8. The number of fused-ring (bicyclic) bond motifs is 1. The van der Waals surface area contributed by atoms with Crippen molar-refractivity contribution < 1.29 is 4.79 Å². The molecule has 29 heavy (non-hydrogen) atoms. The molecule has 2 aromatic rings. The zero-order chi connectivity index (χ0) is 21.3. The Morgan fingerprint density at radius 1 is 1.31 bits per heavy atom. The molecule has 6 heteroatoms. The first-order chi connectivity index (χ1) is 13.6. The summed E-state index contributed by atoms with van der Waals surface area (Å²) in [6.07, 6.45) is 2.79. The molecule has 1 heterocycles. The Kier molecular flexibility index (Phi) is 6.25. The van der Waals surface area contributed by atoms with Crippen molar-refractivity contribution in [2.24, 2.45) is 5.10 Å². The maximum absolute atomic E-state index is 12.3. The normalized spacial score (nSPS) is 18.0. The molecule has 1 atom stereocenters. The van der Waals surface area contributed by atoms with Gasteiger partial charge in [-0.3, -0.25) is 4.79 Å². The predicted octanol–water partition coefficient (Wildman–Crippen LogP) is 6.18. The number of hydrogen-bond donors (Lipinski definition) is 1. The Hall–Kier alpha value is -2.04. The van der Waals surface area contributed by atoms with E-state index in [0.29, 0.717) is 21.5 Å². The Morgan fingerprint density at radius 3 is 2.69 bits per heavy atom. The van der Waals surface area contributed by atoms with Gasteiger partial charge in [-0.15, -0.1) is 0 Å². The van der Waals surface area contributed by atoms with E-state index >= 15 is 0 Å². The van der Waals surface area contributed by atoms with Crippen molar-refractivity contribution in [1.29, 1.82) is 0 Å². The van der Waals surface area contributed by atoms with Gasteiger partial charge in [-0.1, -0.05) is 30.1 Å². The number of rotatable bonds is 4. The second-order valence-corrected chi connectivity index (χ2v) is 9.10. The van der Waals surface area contributed by atoms with Gasteiger partial charge in [-0.2, -0.15) is 5.10 Å². The highest BCUT2D eigenvalue weighted by atomic mass is 35.5. The molecule has 0 saturated heterocycles. The summed E-state index contributed by atoms with van der Waals surface area (Å²) in [6, 6.07) is 9.18. The number of carbonyl (C=O) groups is 1. The first-order valence-electron chi connectivity index (χ1n) is 9.84. The van der Waals surface area contributed by atoms with Crippen LogP contribution < -0.4 is 10.3 Å². The molecule has 4 nitrogen and oxygen atoms in total. The topological polar surface area (TPSA) is 44.7 Å². The molecule has 0 fully saturated rings. The molecule has 3 rings (SSSR count). The van der Waals surface area contributed by atoms with Gasteiger partial charge in [0.15, 0.2) is 0 Å². The number of nitrogens with one attached hydrogen (secondary N) is 1. The molecule has 1 N–H and O–H groups in total. The van der Waals surface area contributed by atoms with E-state index in [2.05, 4.69) is 62.2 Å². The summed E-state index contributed by atoms with van der Waals surface area (Å²) in [5.41, 5.74) is 7.76. The number of halogens is 2. The maximum Gasteiger partial charge on any atom is 0.272 e. The number of hydrazone groups is 1. The molecule has 0 unspecified atom stereocenters. The highest BCUT2D eigenvalue weighted by Crippen LogP contribution is 2.44. The second-order valence-electron chi connectivity index (χ2n) is 8.25. The summed E-state index contributed by atoms with van der Waals surface area (Å²) < 4.78 is 0. The Balaban J connectivity index is 1.83. The Bertz CT molecular complexity index is 969. The van der Waals surface area contributed by atoms with Gasteiger partial charge >= 0.3 is 0 Å². The third kappa shape index (κ3) is 4.44. The highest BCUT2D eigenvalue weighted by molar-refractivity contribution is 6.36. The number of carbonyl (C=O) groups excluding carboxylic acids is 1. The van der Waals surface area contributed by atoms with Crippen molar-refractivity contribution in [1.82, 2.24) is 5.43 Å². The van der Waals surface area contributed by atoms with Crippen molar-refractivity contribution in [3.63, 3.8) is 0 Å². The van der Waals surface area contributed by atoms with Gasteiger partial charge in [0.2, 0.25) is 0 Å². The minimum Gasteiger partial charge on any atom is -0.366 e. The van der Waals surface area contributed by atoms with E-state index in [4.69, 9.17) is 23.2 Å². The molecular weight excluding hydrogens is 405 g/mol. The SMILES string of the molecule is CCN1c2cc(C)c(/C=N\NC(=O)c3ccc(Cl)cc3Cl)cc2[C@H](C)CC1(C)C. The average Bonchev–Trinajstić information content (AvgIpc) is 2.62. The summed E-state index contributed by atoms with van der Waals surface area (Å²) >= 11 is 12.0. The molecular formula is C23H27Cl2N3O. The van der Waals surface area contributed by atoms with Crippen LogP contribution in [0.25, 0.3) is 0 Å². The Morgan fingerprint density at radius 2 is 2.03 bits per heavy atom. The molecule has 0 radical (unpaired) electrons. The van der Waals surface area contributed by atoms with Crippen LogP contribution in [0.5, 0.6) is 0 Å². The van der Waals surface area contributed by atoms with Crippen molar-refractivity contribution in [3.8, 4) is 0 Å². The molecule has 0 spiro atoms. The lowest BCUT2D eigenvalue weighted by atomic mass is 9.79. The van der Waals surface area contributed by atoms with E-state index in [1.165, 1.54) is 17.3 Å². The lowest BCUT2D eigenvalue weighted by molar-refractivity contribution is 0.0955. The van der Waals surface area contributed by atoms with Gasteiger partial charge in [0.1, 0.15) is 0 Å². The third-order valence-electron chi connectivity index (χ3n) is 5.64. The quantitative estimate of drug-likeness (QED) is 0.463. The summed E-state index contributed by atoms with van der Waals surface area (Å²) in [7, 11) is 0. The van der Waals surface area contributed by atoms with Crippen LogP contribution in [-0.4, -0.2) is 24.2 Å². The molecule has 1 aliphatic heterocycles. The lowest BCUT2D eigenvalue weighted by Gasteiger charge is -2.47. The van der Waals surface area contributed by atoms with E-state index in [0.717, 1.165) is 24.1 Å². The van der Waals surface area contributed by atoms with E-state index < -0.39 is 0 Å². The predicted molar refractivity (Wildman–Crippen MR) is 123 cm³/mol. The van der Waals surface area contributed by atoms with Crippen LogP contribution in [0.15, 0.2) is 35.4 Å². The molecule has 1 amide bonds. The molecule has 0 saturated carbocycles.